The maximum Gasteiger partial charge on any atom is 0.174 e. The molecule has 2 aromatic rings. The molecule has 0 aliphatic heterocycles. The number of nitrogens with one attached hydrogen (secondary N) is 1. The molecule has 1 aromatic heterocycles. The van der Waals surface area contributed by atoms with E-state index in [4.69, 9.17) is 0 Å². The van der Waals surface area contributed by atoms with Gasteiger partial charge in [0.25, 0.3) is 0 Å². The molecule has 64 valence electrons. The lowest BCUT2D eigenvalue weighted by molar-refractivity contribution is -0.375. The molecular weight excluding hydrogens is 265 g/mol. The van der Waals surface area contributed by atoms with E-state index in [9.17, 15) is 0 Å². The lowest BCUT2D eigenvalue weighted by Crippen LogP contribution is -3.00. The molecule has 0 aliphatic rings. The van der Waals surface area contributed by atoms with Gasteiger partial charge in [0, 0.05) is 11.5 Å². The number of rotatable bonds is 0. The zero-order valence-electron chi connectivity index (χ0n) is 6.42. The smallest absolute Gasteiger partial charge is 0.174 e. The molecule has 0 spiro atoms. The van der Waals surface area contributed by atoms with Gasteiger partial charge in [0.05, 0.1) is 0 Å². The van der Waals surface area contributed by atoms with Crippen molar-refractivity contribution < 1.29 is 34.4 Å². The van der Waals surface area contributed by atoms with Crippen LogP contribution in [0, 0.1) is 0 Å². The molecular formula is C9H10INO. The van der Waals surface area contributed by atoms with Crippen LogP contribution in [0.5, 0.6) is 0 Å². The van der Waals surface area contributed by atoms with Crippen LogP contribution in [0.15, 0.2) is 42.7 Å². The lowest BCUT2D eigenvalue weighted by Gasteiger charge is -1.88. The van der Waals surface area contributed by atoms with Gasteiger partial charge in [-0.3, -0.25) is 0 Å². The van der Waals surface area contributed by atoms with Gasteiger partial charge in [-0.2, -0.15) is 0 Å². The molecule has 2 nitrogen and oxygen atoms in total. The van der Waals surface area contributed by atoms with Crippen molar-refractivity contribution in [2.75, 3.05) is 0 Å². The van der Waals surface area contributed by atoms with Crippen LogP contribution in [0.25, 0.3) is 10.8 Å². The minimum atomic E-state index is 0. The van der Waals surface area contributed by atoms with Gasteiger partial charge >= 0.3 is 0 Å². The van der Waals surface area contributed by atoms with Gasteiger partial charge in [0.2, 0.25) is 0 Å². The van der Waals surface area contributed by atoms with Crippen LogP contribution in [0.3, 0.4) is 0 Å². The first-order valence-corrected chi connectivity index (χ1v) is 3.32. The third kappa shape index (κ3) is 2.15. The first-order chi connectivity index (χ1) is 4.97. The lowest BCUT2D eigenvalue weighted by atomic mass is 10.2. The summed E-state index contributed by atoms with van der Waals surface area (Å²) in [7, 11) is 0. The molecule has 0 unspecified atom stereocenters. The Balaban J connectivity index is 0.000000605. The number of fused-ring (bicyclic) bond motifs is 1. The molecule has 3 heteroatoms. The number of hydrogen-bond acceptors (Lipinski definition) is 0. The molecule has 0 saturated heterocycles. The van der Waals surface area contributed by atoms with E-state index in [2.05, 4.69) is 23.2 Å². The summed E-state index contributed by atoms with van der Waals surface area (Å²) >= 11 is 0. The molecule has 0 aliphatic carbocycles. The van der Waals surface area contributed by atoms with Crippen molar-refractivity contribution in [2.45, 2.75) is 0 Å². The highest BCUT2D eigenvalue weighted by molar-refractivity contribution is 5.80. The van der Waals surface area contributed by atoms with Crippen LogP contribution in [0.2, 0.25) is 0 Å². The summed E-state index contributed by atoms with van der Waals surface area (Å²) in [5.41, 5.74) is 0. The molecule has 3 N–H and O–H groups in total. The zero-order valence-corrected chi connectivity index (χ0v) is 8.58. The van der Waals surface area contributed by atoms with Crippen LogP contribution >= 0.6 is 0 Å². The van der Waals surface area contributed by atoms with E-state index in [0.717, 1.165) is 0 Å². The van der Waals surface area contributed by atoms with Crippen LogP contribution in [0.1, 0.15) is 0 Å². The van der Waals surface area contributed by atoms with Crippen molar-refractivity contribution in [2.24, 2.45) is 0 Å². The summed E-state index contributed by atoms with van der Waals surface area (Å²) in [6.45, 7) is 0. The second-order valence-electron chi connectivity index (χ2n) is 2.27. The summed E-state index contributed by atoms with van der Waals surface area (Å²) in [6, 6.07) is 10.3. The highest BCUT2D eigenvalue weighted by atomic mass is 127. The third-order valence-corrected chi connectivity index (χ3v) is 1.59. The highest BCUT2D eigenvalue weighted by Crippen LogP contribution is 2.08. The SMILES string of the molecule is O.[I-].c1ccc2c[nH+]ccc2c1. The Kier molecular flexibility index (Phi) is 4.77. The average Bonchev–Trinajstić information content (AvgIpc) is 2.05. The van der Waals surface area contributed by atoms with Crippen molar-refractivity contribution in [1.82, 2.24) is 0 Å². The fourth-order valence-electron chi connectivity index (χ4n) is 1.07. The van der Waals surface area contributed by atoms with Gasteiger partial charge < -0.3 is 29.5 Å². The summed E-state index contributed by atoms with van der Waals surface area (Å²) in [6.07, 6.45) is 3.93. The first kappa shape index (κ1) is 11.3. The number of hydrogen-bond donors (Lipinski definition) is 0. The van der Waals surface area contributed by atoms with Crippen molar-refractivity contribution in [1.29, 1.82) is 0 Å². The number of H-pyrrole nitrogens is 1. The fraction of sp³-hybridized carbons (Fsp3) is 0. The quantitative estimate of drug-likeness (QED) is 0.491. The van der Waals surface area contributed by atoms with E-state index in [1.807, 2.05) is 24.5 Å². The molecule has 0 amide bonds. The Morgan fingerprint density at radius 2 is 1.58 bits per heavy atom. The number of benzene rings is 1. The molecule has 2 rings (SSSR count). The summed E-state index contributed by atoms with van der Waals surface area (Å²) < 4.78 is 0. The number of aromatic amines is 1. The predicted molar refractivity (Wildman–Crippen MR) is 44.1 cm³/mol. The van der Waals surface area contributed by atoms with Gasteiger partial charge in [-0.1, -0.05) is 18.2 Å². The van der Waals surface area contributed by atoms with Gasteiger partial charge in [0.1, 0.15) is 0 Å². The van der Waals surface area contributed by atoms with E-state index in [1.54, 1.807) is 0 Å². The number of pyridine rings is 1. The molecule has 0 radical (unpaired) electrons. The molecule has 1 heterocycles. The Labute approximate surface area is 88.0 Å². The van der Waals surface area contributed by atoms with E-state index < -0.39 is 0 Å². The second kappa shape index (κ2) is 5.05. The van der Waals surface area contributed by atoms with Gasteiger partial charge in [-0.15, -0.1) is 0 Å². The number of aromatic nitrogens is 1. The second-order valence-corrected chi connectivity index (χ2v) is 2.27. The summed E-state index contributed by atoms with van der Waals surface area (Å²) in [5, 5.41) is 2.53. The highest BCUT2D eigenvalue weighted by Gasteiger charge is 1.90. The predicted octanol–water partition coefficient (Wildman–Crippen LogP) is -2.17. The van der Waals surface area contributed by atoms with Gasteiger partial charge in [-0.05, 0) is 11.5 Å². The summed E-state index contributed by atoms with van der Waals surface area (Å²) in [5.74, 6) is 0. The van der Waals surface area contributed by atoms with Crippen molar-refractivity contribution in [3.63, 3.8) is 0 Å². The van der Waals surface area contributed by atoms with Crippen molar-refractivity contribution >= 4 is 10.8 Å². The van der Waals surface area contributed by atoms with Gasteiger partial charge in [-0.25, -0.2) is 4.98 Å². The van der Waals surface area contributed by atoms with Crippen LogP contribution < -0.4 is 29.0 Å². The molecule has 0 atom stereocenters. The van der Waals surface area contributed by atoms with Gasteiger partial charge in [0.15, 0.2) is 12.4 Å². The topological polar surface area (TPSA) is 45.6 Å². The third-order valence-electron chi connectivity index (χ3n) is 1.59. The molecule has 0 bridgehead atoms. The molecule has 0 fully saturated rings. The standard InChI is InChI=1S/C9H7N.HI.H2O/c1-2-4-9-7-10-6-5-8(9)3-1;;/h1-7H;1H;1H2. The summed E-state index contributed by atoms with van der Waals surface area (Å²) in [4.78, 5) is 3.04. The minimum Gasteiger partial charge on any atom is -1.00 e. The van der Waals surface area contributed by atoms with Crippen molar-refractivity contribution in [3.05, 3.63) is 42.7 Å². The number of halogens is 1. The van der Waals surface area contributed by atoms with E-state index in [0.29, 0.717) is 0 Å². The first-order valence-electron chi connectivity index (χ1n) is 3.32. The maximum atomic E-state index is 3.04. The largest absolute Gasteiger partial charge is 1.00 e. The van der Waals surface area contributed by atoms with E-state index >= 15 is 0 Å². The van der Waals surface area contributed by atoms with Crippen LogP contribution in [-0.2, 0) is 0 Å². The zero-order chi connectivity index (χ0) is 6.81. The van der Waals surface area contributed by atoms with E-state index in [1.165, 1.54) is 10.8 Å². The fourth-order valence-corrected chi connectivity index (χ4v) is 1.07. The van der Waals surface area contributed by atoms with Crippen LogP contribution in [0.4, 0.5) is 0 Å². The Morgan fingerprint density at radius 1 is 0.917 bits per heavy atom. The molecule has 1 aromatic carbocycles. The van der Waals surface area contributed by atoms with Crippen molar-refractivity contribution in [3.8, 4) is 0 Å². The Hall–Kier alpha value is -0.680. The monoisotopic (exact) mass is 275 g/mol. The minimum absolute atomic E-state index is 0. The van der Waals surface area contributed by atoms with Crippen LogP contribution in [-0.4, -0.2) is 5.48 Å². The average molecular weight is 275 g/mol. The van der Waals surface area contributed by atoms with E-state index in [-0.39, 0.29) is 29.5 Å². The molecule has 0 saturated carbocycles. The Bertz CT molecular complexity index is 286. The maximum absolute atomic E-state index is 3.04. The Morgan fingerprint density at radius 3 is 2.25 bits per heavy atom. The molecule has 12 heavy (non-hydrogen) atoms. The normalized spacial score (nSPS) is 8.33.